The molecule has 0 saturated heterocycles. The molecule has 1 aromatic rings. The van der Waals surface area contributed by atoms with Crippen LogP contribution in [0.4, 0.5) is 0 Å². The number of carboxylic acid groups (broad SMARTS) is 1. The maximum atomic E-state index is 12.0. The second kappa shape index (κ2) is 8.14. The van der Waals surface area contributed by atoms with E-state index >= 15 is 0 Å². The van der Waals surface area contributed by atoms with Crippen molar-refractivity contribution in [2.45, 2.75) is 25.9 Å². The van der Waals surface area contributed by atoms with E-state index in [2.05, 4.69) is 10.6 Å². The average Bonchev–Trinajstić information content (AvgIpc) is 2.46. The highest BCUT2D eigenvalue weighted by molar-refractivity contribution is 5.99. The molecule has 0 aliphatic heterocycles. The zero-order chi connectivity index (χ0) is 16.7. The van der Waals surface area contributed by atoms with E-state index in [1.807, 2.05) is 13.8 Å². The number of rotatable bonds is 7. The lowest BCUT2D eigenvalue weighted by molar-refractivity contribution is -0.140. The Kier molecular flexibility index (Phi) is 6.52. The van der Waals surface area contributed by atoms with E-state index in [1.165, 1.54) is 31.4 Å². The van der Waals surface area contributed by atoms with Crippen molar-refractivity contribution < 1.29 is 24.2 Å². The maximum Gasteiger partial charge on any atom is 0.328 e. The van der Waals surface area contributed by atoms with Gasteiger partial charge in [0.15, 0.2) is 6.04 Å². The van der Waals surface area contributed by atoms with Gasteiger partial charge in [0.2, 0.25) is 0 Å². The molecule has 0 aliphatic rings. The fourth-order valence-electron chi connectivity index (χ4n) is 1.70. The maximum absolute atomic E-state index is 12.0. The number of ether oxygens (including phenoxy) is 1. The van der Waals surface area contributed by atoms with E-state index in [4.69, 9.17) is 9.84 Å². The monoisotopic (exact) mass is 308 g/mol. The largest absolute Gasteiger partial charge is 0.480 e. The van der Waals surface area contributed by atoms with Gasteiger partial charge in [-0.05, 0) is 38.1 Å². The quantitative estimate of drug-likeness (QED) is 0.686. The van der Waals surface area contributed by atoms with Crippen LogP contribution in [0, 0.1) is 0 Å². The molecule has 0 aliphatic carbocycles. The van der Waals surface area contributed by atoms with Crippen molar-refractivity contribution in [3.05, 3.63) is 35.4 Å². The molecule has 1 atom stereocenters. The summed E-state index contributed by atoms with van der Waals surface area (Å²) in [6, 6.07) is 4.85. The Hall–Kier alpha value is -2.41. The summed E-state index contributed by atoms with van der Waals surface area (Å²) >= 11 is 0. The van der Waals surface area contributed by atoms with Gasteiger partial charge in [0.05, 0.1) is 6.61 Å². The molecular formula is C15H20N2O5. The number of hydrogen-bond donors (Lipinski definition) is 3. The SMILES string of the molecule is COCC(NC(=O)c1ccc(C(=O)NC(C)C)cc1)C(=O)O. The molecule has 22 heavy (non-hydrogen) atoms. The van der Waals surface area contributed by atoms with E-state index in [1.54, 1.807) is 0 Å². The highest BCUT2D eigenvalue weighted by Gasteiger charge is 2.20. The second-order valence-corrected chi connectivity index (χ2v) is 5.03. The van der Waals surface area contributed by atoms with Gasteiger partial charge >= 0.3 is 5.97 Å². The third-order valence-electron chi connectivity index (χ3n) is 2.77. The molecule has 120 valence electrons. The highest BCUT2D eigenvalue weighted by Crippen LogP contribution is 2.05. The number of carbonyl (C=O) groups is 3. The van der Waals surface area contributed by atoms with Crippen LogP contribution in [0.2, 0.25) is 0 Å². The first-order valence-corrected chi connectivity index (χ1v) is 6.78. The van der Waals surface area contributed by atoms with Crippen molar-refractivity contribution in [2.24, 2.45) is 0 Å². The Morgan fingerprint density at radius 1 is 1.05 bits per heavy atom. The third kappa shape index (κ3) is 5.17. The van der Waals surface area contributed by atoms with E-state index in [-0.39, 0.29) is 24.1 Å². The Morgan fingerprint density at radius 2 is 1.50 bits per heavy atom. The first-order valence-electron chi connectivity index (χ1n) is 6.78. The number of nitrogens with one attached hydrogen (secondary N) is 2. The van der Waals surface area contributed by atoms with Crippen LogP contribution in [-0.4, -0.2) is 48.7 Å². The Balaban J connectivity index is 2.75. The lowest BCUT2D eigenvalue weighted by Gasteiger charge is -2.13. The number of amides is 2. The van der Waals surface area contributed by atoms with E-state index in [0.29, 0.717) is 5.56 Å². The van der Waals surface area contributed by atoms with Gasteiger partial charge in [0, 0.05) is 24.3 Å². The Labute approximate surface area is 128 Å². The van der Waals surface area contributed by atoms with Crippen LogP contribution < -0.4 is 10.6 Å². The van der Waals surface area contributed by atoms with Gasteiger partial charge in [-0.15, -0.1) is 0 Å². The molecule has 0 heterocycles. The summed E-state index contributed by atoms with van der Waals surface area (Å²) < 4.78 is 4.74. The molecule has 1 aromatic carbocycles. The van der Waals surface area contributed by atoms with Crippen LogP contribution >= 0.6 is 0 Å². The van der Waals surface area contributed by atoms with Gasteiger partial charge in [0.25, 0.3) is 11.8 Å². The third-order valence-corrected chi connectivity index (χ3v) is 2.77. The molecular weight excluding hydrogens is 288 g/mol. The smallest absolute Gasteiger partial charge is 0.328 e. The highest BCUT2D eigenvalue weighted by atomic mass is 16.5. The van der Waals surface area contributed by atoms with Crippen molar-refractivity contribution >= 4 is 17.8 Å². The summed E-state index contributed by atoms with van der Waals surface area (Å²) in [4.78, 5) is 34.7. The molecule has 7 nitrogen and oxygen atoms in total. The number of aliphatic carboxylic acids is 1. The van der Waals surface area contributed by atoms with E-state index in [0.717, 1.165) is 0 Å². The number of benzene rings is 1. The van der Waals surface area contributed by atoms with E-state index in [9.17, 15) is 14.4 Å². The molecule has 0 fully saturated rings. The molecule has 0 bridgehead atoms. The molecule has 1 unspecified atom stereocenters. The molecule has 0 saturated carbocycles. The summed E-state index contributed by atoms with van der Waals surface area (Å²) in [5.41, 5.74) is 0.695. The normalized spacial score (nSPS) is 11.8. The van der Waals surface area contributed by atoms with Gasteiger partial charge in [-0.1, -0.05) is 0 Å². The molecule has 0 aromatic heterocycles. The van der Waals surface area contributed by atoms with Crippen LogP contribution in [0.5, 0.6) is 0 Å². The summed E-state index contributed by atoms with van der Waals surface area (Å²) in [5.74, 6) is -1.95. The van der Waals surface area contributed by atoms with Crippen molar-refractivity contribution in [2.75, 3.05) is 13.7 Å². The van der Waals surface area contributed by atoms with Crippen LogP contribution in [0.15, 0.2) is 24.3 Å². The zero-order valence-electron chi connectivity index (χ0n) is 12.8. The van der Waals surface area contributed by atoms with Crippen LogP contribution in [-0.2, 0) is 9.53 Å². The van der Waals surface area contributed by atoms with Crippen molar-refractivity contribution in [3.8, 4) is 0 Å². The Morgan fingerprint density at radius 3 is 1.86 bits per heavy atom. The number of methoxy groups -OCH3 is 1. The average molecular weight is 308 g/mol. The fourth-order valence-corrected chi connectivity index (χ4v) is 1.70. The molecule has 2 amide bonds. The lowest BCUT2D eigenvalue weighted by Crippen LogP contribution is -2.43. The zero-order valence-corrected chi connectivity index (χ0v) is 12.8. The second-order valence-electron chi connectivity index (χ2n) is 5.03. The summed E-state index contributed by atoms with van der Waals surface area (Å²) in [5, 5.41) is 14.0. The minimum Gasteiger partial charge on any atom is -0.480 e. The predicted molar refractivity (Wildman–Crippen MR) is 79.8 cm³/mol. The number of hydrogen-bond acceptors (Lipinski definition) is 4. The van der Waals surface area contributed by atoms with Gasteiger partial charge in [-0.2, -0.15) is 0 Å². The van der Waals surface area contributed by atoms with E-state index < -0.39 is 17.9 Å². The Bertz CT molecular complexity index is 539. The van der Waals surface area contributed by atoms with Crippen molar-refractivity contribution in [1.29, 1.82) is 0 Å². The van der Waals surface area contributed by atoms with Gasteiger partial charge in [-0.25, -0.2) is 4.79 Å². The molecule has 3 N–H and O–H groups in total. The molecule has 1 rings (SSSR count). The standard InChI is InChI=1S/C15H20N2O5/c1-9(2)16-13(18)10-4-6-11(7-5-10)14(19)17-12(8-22-3)15(20)21/h4-7,9,12H,8H2,1-3H3,(H,16,18)(H,17,19)(H,20,21). The molecule has 0 radical (unpaired) electrons. The fraction of sp³-hybridized carbons (Fsp3) is 0.400. The van der Waals surface area contributed by atoms with Gasteiger partial charge in [-0.3, -0.25) is 9.59 Å². The summed E-state index contributed by atoms with van der Waals surface area (Å²) in [7, 11) is 1.35. The molecule has 7 heteroatoms. The summed E-state index contributed by atoms with van der Waals surface area (Å²) in [6.45, 7) is 3.57. The van der Waals surface area contributed by atoms with Crippen LogP contribution in [0.25, 0.3) is 0 Å². The van der Waals surface area contributed by atoms with Gasteiger partial charge in [0.1, 0.15) is 0 Å². The van der Waals surface area contributed by atoms with Crippen molar-refractivity contribution in [3.63, 3.8) is 0 Å². The first kappa shape index (κ1) is 17.6. The minimum atomic E-state index is -1.18. The van der Waals surface area contributed by atoms with Crippen molar-refractivity contribution in [1.82, 2.24) is 10.6 Å². The predicted octanol–water partition coefficient (Wildman–Crippen LogP) is 0.654. The first-order chi connectivity index (χ1) is 10.3. The lowest BCUT2D eigenvalue weighted by atomic mass is 10.1. The number of carbonyl (C=O) groups excluding carboxylic acids is 2. The molecule has 0 spiro atoms. The van der Waals surface area contributed by atoms with Crippen LogP contribution in [0.3, 0.4) is 0 Å². The minimum absolute atomic E-state index is 0.0147. The topological polar surface area (TPSA) is 105 Å². The van der Waals surface area contributed by atoms with Gasteiger partial charge < -0.3 is 20.5 Å². The summed E-state index contributed by atoms with van der Waals surface area (Å²) in [6.07, 6.45) is 0. The number of carboxylic acids is 1. The van der Waals surface area contributed by atoms with Crippen LogP contribution in [0.1, 0.15) is 34.6 Å².